The van der Waals surface area contributed by atoms with Gasteiger partial charge in [-0.15, -0.1) is 0 Å². The number of hydrogen-bond donors (Lipinski definition) is 2. The Morgan fingerprint density at radius 2 is 1.74 bits per heavy atom. The van der Waals surface area contributed by atoms with Gasteiger partial charge >= 0.3 is 10.1 Å². The Balaban J connectivity index is 1.49. The third-order valence-electron chi connectivity index (χ3n) is 7.50. The molecule has 1 aliphatic heterocycles. The lowest BCUT2D eigenvalue weighted by atomic mass is 10.1. The number of nitrogens with zero attached hydrogens (tertiary/aromatic N) is 6. The topological polar surface area (TPSA) is 175 Å². The molecule has 1 unspecified atom stereocenters. The van der Waals surface area contributed by atoms with E-state index in [0.29, 0.717) is 34.6 Å². The molecule has 1 fully saturated rings. The molecule has 1 amide bonds. The summed E-state index contributed by atoms with van der Waals surface area (Å²) >= 11 is 0. The molecule has 1 aliphatic rings. The van der Waals surface area contributed by atoms with E-state index in [-0.39, 0.29) is 17.2 Å². The van der Waals surface area contributed by atoms with Gasteiger partial charge in [0.2, 0.25) is 5.95 Å². The summed E-state index contributed by atoms with van der Waals surface area (Å²) in [5.41, 5.74) is 0.660. The summed E-state index contributed by atoms with van der Waals surface area (Å²) in [6.45, 7) is 6.10. The Bertz CT molecular complexity index is 1940. The van der Waals surface area contributed by atoms with Crippen molar-refractivity contribution in [3.05, 3.63) is 95.9 Å². The first kappa shape index (κ1) is 34.0. The lowest BCUT2D eigenvalue weighted by Crippen LogP contribution is -2.47. The number of aryl methyl sites for hydroxylation is 1. The number of nitrogens with one attached hydrogen (secondary N) is 1. The van der Waals surface area contributed by atoms with Crippen LogP contribution >= 0.6 is 0 Å². The molecule has 3 heterocycles. The molecule has 0 spiro atoms. The van der Waals surface area contributed by atoms with Crippen molar-refractivity contribution in [3.8, 4) is 11.3 Å². The highest BCUT2D eigenvalue weighted by molar-refractivity contribution is 7.89. The molecular formula is C31H35N7O7S2. The quantitative estimate of drug-likeness (QED) is 0.134. The lowest BCUT2D eigenvalue weighted by Gasteiger charge is -2.32. The molecule has 4 aromatic rings. The summed E-state index contributed by atoms with van der Waals surface area (Å²) < 4.78 is 64.5. The number of piperazine rings is 1. The van der Waals surface area contributed by atoms with Crippen LogP contribution in [0.4, 0.5) is 17.3 Å². The van der Waals surface area contributed by atoms with Crippen molar-refractivity contribution in [2.45, 2.75) is 19.0 Å². The van der Waals surface area contributed by atoms with Crippen LogP contribution in [-0.4, -0.2) is 97.1 Å². The molecule has 0 radical (unpaired) electrons. The van der Waals surface area contributed by atoms with E-state index in [4.69, 9.17) is 4.18 Å². The summed E-state index contributed by atoms with van der Waals surface area (Å²) in [4.78, 5) is 32.0. The van der Waals surface area contributed by atoms with E-state index in [1.165, 1.54) is 24.3 Å². The highest BCUT2D eigenvalue weighted by Gasteiger charge is 2.39. The summed E-state index contributed by atoms with van der Waals surface area (Å²) in [7, 11) is -7.72. The molecule has 47 heavy (non-hydrogen) atoms. The van der Waals surface area contributed by atoms with Gasteiger partial charge in [0.15, 0.2) is 0 Å². The minimum absolute atomic E-state index is 0.0421. The zero-order valence-electron chi connectivity index (χ0n) is 26.0. The monoisotopic (exact) mass is 681 g/mol. The largest absolute Gasteiger partial charge is 0.324 e. The van der Waals surface area contributed by atoms with Crippen molar-refractivity contribution in [1.29, 1.82) is 0 Å². The van der Waals surface area contributed by atoms with Crippen molar-refractivity contribution in [1.82, 2.24) is 24.8 Å². The predicted molar refractivity (Wildman–Crippen MR) is 177 cm³/mol. The van der Waals surface area contributed by atoms with Gasteiger partial charge in [0.05, 0.1) is 11.9 Å². The third-order valence-corrected chi connectivity index (χ3v) is 8.97. The smallest absolute Gasteiger partial charge is 0.314 e. The first-order chi connectivity index (χ1) is 22.3. The minimum Gasteiger partial charge on any atom is -0.324 e. The number of carbonyl (C=O) groups is 1. The van der Waals surface area contributed by atoms with Gasteiger partial charge in [-0.05, 0) is 67.6 Å². The first-order valence-corrected chi connectivity index (χ1v) is 17.9. The van der Waals surface area contributed by atoms with Crippen molar-refractivity contribution in [2.75, 3.05) is 49.7 Å². The Morgan fingerprint density at radius 1 is 1.02 bits per heavy atom. The molecule has 14 nitrogen and oxygen atoms in total. The van der Waals surface area contributed by atoms with Crippen LogP contribution in [0.3, 0.4) is 0 Å². The van der Waals surface area contributed by atoms with E-state index in [1.807, 2.05) is 6.07 Å². The Morgan fingerprint density at radius 3 is 2.38 bits per heavy atom. The van der Waals surface area contributed by atoms with Gasteiger partial charge in [0, 0.05) is 73.8 Å². The highest BCUT2D eigenvalue weighted by atomic mass is 32.2. The van der Waals surface area contributed by atoms with Crippen LogP contribution < -0.4 is 10.2 Å². The second kappa shape index (κ2) is 14.2. The van der Waals surface area contributed by atoms with Crippen molar-refractivity contribution in [2.24, 2.45) is 0 Å². The first-order valence-electron chi connectivity index (χ1n) is 14.6. The van der Waals surface area contributed by atoms with Crippen LogP contribution in [0.15, 0.2) is 79.3 Å². The Hall–Kier alpha value is -4.32. The number of likely N-dealkylation sites (N-methyl/N-ethyl adjacent to an activating group) is 1. The molecule has 16 heteroatoms. The van der Waals surface area contributed by atoms with Crippen LogP contribution in [0, 0.1) is 6.92 Å². The highest BCUT2D eigenvalue weighted by Crippen LogP contribution is 2.30. The van der Waals surface area contributed by atoms with Gasteiger partial charge in [0.1, 0.15) is 0 Å². The zero-order chi connectivity index (χ0) is 33.8. The summed E-state index contributed by atoms with van der Waals surface area (Å²) in [6.07, 6.45) is 5.46. The molecule has 1 atom stereocenters. The Labute approximate surface area is 273 Å². The number of hydrogen-bond acceptors (Lipinski definition) is 12. The Kier molecular flexibility index (Phi) is 10.3. The number of benzene rings is 2. The maximum absolute atomic E-state index is 14.0. The van der Waals surface area contributed by atoms with Crippen LogP contribution in [0.25, 0.3) is 11.3 Å². The molecule has 0 bridgehead atoms. The summed E-state index contributed by atoms with van der Waals surface area (Å²) in [6, 6.07) is 16.3. The van der Waals surface area contributed by atoms with Crippen LogP contribution in [0.2, 0.25) is 0 Å². The molecule has 2 aromatic heterocycles. The van der Waals surface area contributed by atoms with Gasteiger partial charge in [-0.3, -0.25) is 24.1 Å². The molecular weight excluding hydrogens is 647 g/mol. The number of carbonyl (C=O) groups excluding carboxylic acids is 1. The lowest BCUT2D eigenvalue weighted by molar-refractivity contribution is 0.0951. The van der Waals surface area contributed by atoms with E-state index in [1.54, 1.807) is 55.8 Å². The molecule has 2 aromatic carbocycles. The van der Waals surface area contributed by atoms with E-state index in [0.717, 1.165) is 37.3 Å². The van der Waals surface area contributed by atoms with E-state index >= 15 is 0 Å². The fraction of sp³-hybridized carbons (Fsp3) is 0.290. The number of rotatable bonds is 11. The van der Waals surface area contributed by atoms with Crippen molar-refractivity contribution < 1.29 is 30.4 Å². The number of anilines is 3. The van der Waals surface area contributed by atoms with Gasteiger partial charge in [-0.2, -0.15) is 16.8 Å². The minimum atomic E-state index is -5.31. The third kappa shape index (κ3) is 8.94. The number of pyridine rings is 1. The van der Waals surface area contributed by atoms with Gasteiger partial charge in [0.25, 0.3) is 21.6 Å². The SMILES string of the molecule is Cc1ccc(N(C(=O)c2ccc(CN3CCN(C)CC3)cc2)C(OS(C)(=O)=O)S(=O)(=O)O)cc1Nc1nccc(-c2cccnc2)n1. The summed E-state index contributed by atoms with van der Waals surface area (Å²) in [5, 5.41) is 3.07. The van der Waals surface area contributed by atoms with Crippen molar-refractivity contribution >= 4 is 43.5 Å². The second-order valence-corrected chi connectivity index (χ2v) is 14.2. The molecule has 5 rings (SSSR count). The van der Waals surface area contributed by atoms with E-state index in [2.05, 4.69) is 37.1 Å². The summed E-state index contributed by atoms with van der Waals surface area (Å²) in [5.74, 6) is -0.730. The van der Waals surface area contributed by atoms with E-state index in [9.17, 15) is 26.2 Å². The second-order valence-electron chi connectivity index (χ2n) is 11.2. The van der Waals surface area contributed by atoms with Gasteiger partial charge in [-0.25, -0.2) is 14.2 Å². The molecule has 0 aliphatic carbocycles. The normalized spacial score (nSPS) is 15.2. The molecule has 248 valence electrons. The van der Waals surface area contributed by atoms with Gasteiger partial charge < -0.3 is 10.2 Å². The molecule has 2 N–H and O–H groups in total. The van der Waals surface area contributed by atoms with Crippen LogP contribution in [0.1, 0.15) is 21.5 Å². The average molecular weight is 682 g/mol. The maximum atomic E-state index is 14.0. The zero-order valence-corrected chi connectivity index (χ0v) is 27.6. The van der Waals surface area contributed by atoms with Crippen LogP contribution in [-0.2, 0) is 31.0 Å². The fourth-order valence-corrected chi connectivity index (χ4v) is 6.67. The average Bonchev–Trinajstić information content (AvgIpc) is 3.03. The van der Waals surface area contributed by atoms with E-state index < -0.39 is 31.7 Å². The maximum Gasteiger partial charge on any atom is 0.314 e. The number of aromatic nitrogens is 3. The molecule has 0 saturated carbocycles. The number of amides is 1. The molecule has 1 saturated heterocycles. The fourth-order valence-electron chi connectivity index (χ4n) is 4.98. The van der Waals surface area contributed by atoms with Crippen LogP contribution in [0.5, 0.6) is 0 Å². The van der Waals surface area contributed by atoms with Gasteiger partial charge in [-0.1, -0.05) is 18.2 Å². The standard InChI is InChI=1S/C31H35N7O7S2/c1-22-6-11-26(19-28(22)35-30-33-14-12-27(34-30)25-5-4-13-32-20-25)38(31(47(42,43)44)45-46(3,40)41)29(39)24-9-7-23(8-10-24)21-37-17-15-36(2)16-18-37/h4-14,19-20,31H,15-18,21H2,1-3H3,(H,33,34,35)(H,42,43,44). The predicted octanol–water partition coefficient (Wildman–Crippen LogP) is 3.13. The van der Waals surface area contributed by atoms with Crippen molar-refractivity contribution in [3.63, 3.8) is 0 Å².